The number of fused-ring (bicyclic) bond motifs is 3. The monoisotopic (exact) mass is 448 g/mol. The molecule has 0 bridgehead atoms. The minimum absolute atomic E-state index is 0.0516. The molecular weight excluding hydrogens is 426 g/mol. The molecule has 3 heteroatoms. The molecule has 0 fully saturated rings. The van der Waals surface area contributed by atoms with Crippen molar-refractivity contribution < 1.29 is 12.9 Å². The summed E-state index contributed by atoms with van der Waals surface area (Å²) in [6.45, 7) is 2.09. The minimum atomic E-state index is -5.59. The van der Waals surface area contributed by atoms with Crippen LogP contribution in [0.2, 0.25) is 12.9 Å². The molecule has 0 amide bonds. The van der Waals surface area contributed by atoms with Gasteiger partial charge < -0.3 is 0 Å². The Morgan fingerprint density at radius 3 is 1.80 bits per heavy atom. The summed E-state index contributed by atoms with van der Waals surface area (Å²) in [5, 5.41) is 0. The quantitative estimate of drug-likeness (QED) is 0.441. The zero-order chi connectivity index (χ0) is 18.2. The molecular formula is C22H24Cl2Zr. The summed E-state index contributed by atoms with van der Waals surface area (Å²) in [6, 6.07) is 17.0. The predicted molar refractivity (Wildman–Crippen MR) is 111 cm³/mol. The molecule has 0 heterocycles. The maximum absolute atomic E-state index is 7.79. The fraction of sp³-hybridized carbons (Fsp3) is 0.227. The summed E-state index contributed by atoms with van der Waals surface area (Å²) in [5.41, 5.74) is 6.08. The van der Waals surface area contributed by atoms with Crippen LogP contribution in [0.4, 0.5) is 0 Å². The van der Waals surface area contributed by atoms with Crippen molar-refractivity contribution >= 4 is 21.2 Å². The number of allylic oxidation sites excluding steroid dienone is 4. The summed E-state index contributed by atoms with van der Waals surface area (Å²) in [5.74, 6) is 0. The first-order chi connectivity index (χ1) is 11.3. The fourth-order valence-electron chi connectivity index (χ4n) is 4.98. The predicted octanol–water partition coefficient (Wildman–Crippen LogP) is 7.66. The van der Waals surface area contributed by atoms with Crippen molar-refractivity contribution in [2.24, 2.45) is 0 Å². The van der Waals surface area contributed by atoms with Crippen molar-refractivity contribution in [3.05, 3.63) is 83.5 Å². The maximum atomic E-state index is 7.79. The molecule has 1 unspecified atom stereocenters. The van der Waals surface area contributed by atoms with E-state index < -0.39 is 12.9 Å². The molecule has 0 saturated heterocycles. The number of hydrogen-bond donors (Lipinski definition) is 0. The molecule has 0 N–H and O–H groups in total. The van der Waals surface area contributed by atoms with Crippen LogP contribution in [-0.4, -0.2) is 4.21 Å². The molecule has 0 nitrogen and oxygen atoms in total. The third-order valence-electron chi connectivity index (χ3n) is 6.36. The van der Waals surface area contributed by atoms with Gasteiger partial charge in [0.2, 0.25) is 0 Å². The number of halogens is 2. The summed E-state index contributed by atoms with van der Waals surface area (Å²) < 4.78 is 8.83. The molecule has 130 valence electrons. The van der Waals surface area contributed by atoms with Gasteiger partial charge in [-0.2, -0.15) is 0 Å². The Morgan fingerprint density at radius 1 is 0.880 bits per heavy atom. The molecule has 2 aliphatic carbocycles. The van der Waals surface area contributed by atoms with Crippen LogP contribution in [0.15, 0.2) is 72.3 Å². The molecule has 0 radical (unpaired) electrons. The van der Waals surface area contributed by atoms with Crippen molar-refractivity contribution in [3.63, 3.8) is 0 Å². The summed E-state index contributed by atoms with van der Waals surface area (Å²) in [4.78, 5) is 0. The van der Waals surface area contributed by atoms with Crippen LogP contribution >= 0.6 is 17.0 Å². The number of benzene rings is 2. The molecule has 1 atom stereocenters. The van der Waals surface area contributed by atoms with E-state index in [0.29, 0.717) is 0 Å². The Bertz CT molecular complexity index is 1050. The number of hydrogen-bond acceptors (Lipinski definition) is 0. The van der Waals surface area contributed by atoms with Gasteiger partial charge in [0.15, 0.2) is 0 Å². The van der Waals surface area contributed by atoms with Gasteiger partial charge in [0, 0.05) is 0 Å². The van der Waals surface area contributed by atoms with Gasteiger partial charge in [-0.3, -0.25) is 0 Å². The van der Waals surface area contributed by atoms with Crippen LogP contribution in [-0.2, 0) is 12.9 Å². The van der Waals surface area contributed by atoms with Gasteiger partial charge >= 0.3 is 152 Å². The third-order valence-corrected chi connectivity index (χ3v) is 26.7. The van der Waals surface area contributed by atoms with Gasteiger partial charge in [-0.25, -0.2) is 0 Å². The van der Waals surface area contributed by atoms with E-state index in [2.05, 4.69) is 82.9 Å². The Kier molecular flexibility index (Phi) is 2.98. The molecule has 0 saturated carbocycles. The summed E-state index contributed by atoms with van der Waals surface area (Å²) >= 11 is -5.59. The molecule has 4 rings (SSSR count). The molecule has 2 aromatic rings. The van der Waals surface area contributed by atoms with Crippen LogP contribution in [0.3, 0.4) is 0 Å². The van der Waals surface area contributed by atoms with Gasteiger partial charge in [-0.15, -0.1) is 0 Å². The molecule has 2 aliphatic rings. The second-order valence-corrected chi connectivity index (χ2v) is 55.5. The zero-order valence-corrected chi connectivity index (χ0v) is 18.9. The first kappa shape index (κ1) is 17.7. The van der Waals surface area contributed by atoms with Gasteiger partial charge in [0.05, 0.1) is 0 Å². The van der Waals surface area contributed by atoms with Crippen molar-refractivity contribution in [3.8, 4) is 11.1 Å². The van der Waals surface area contributed by atoms with E-state index in [4.69, 9.17) is 21.2 Å². The van der Waals surface area contributed by atoms with Crippen LogP contribution in [0, 0.1) is 0 Å². The van der Waals surface area contributed by atoms with Gasteiger partial charge in [0.1, 0.15) is 0 Å². The molecule has 0 spiro atoms. The number of rotatable bonds is 2. The van der Waals surface area contributed by atoms with Crippen molar-refractivity contribution in [1.29, 1.82) is 0 Å². The van der Waals surface area contributed by atoms with Crippen LogP contribution in [0.1, 0.15) is 21.7 Å². The molecule has 0 aliphatic heterocycles. The average molecular weight is 451 g/mol. The van der Waals surface area contributed by atoms with E-state index in [0.717, 1.165) is 0 Å². The van der Waals surface area contributed by atoms with Crippen LogP contribution in [0.25, 0.3) is 11.1 Å². The van der Waals surface area contributed by atoms with Crippen molar-refractivity contribution in [1.82, 2.24) is 0 Å². The second-order valence-electron chi connectivity index (χ2n) is 9.87. The van der Waals surface area contributed by atoms with Crippen molar-refractivity contribution in [2.45, 2.75) is 23.4 Å². The summed E-state index contributed by atoms with van der Waals surface area (Å²) in [7, 11) is 15.6. The van der Waals surface area contributed by atoms with E-state index in [-0.39, 0.29) is 7.25 Å². The topological polar surface area (TPSA) is 0 Å². The molecule has 25 heavy (non-hydrogen) atoms. The average Bonchev–Trinajstić information content (AvgIpc) is 3.09. The SMILES string of the molecule is [CH2]=[Zr]([CH3])([CH3])([Cl])([Cl])([CH]1C=CC(C)=C1)[CH]1c2ccccc2-c2ccccc21. The normalized spacial score (nSPS) is 23.8. The van der Waals surface area contributed by atoms with E-state index in [1.54, 1.807) is 0 Å². The second kappa shape index (κ2) is 4.22. The van der Waals surface area contributed by atoms with E-state index in [1.807, 2.05) is 0 Å². The Morgan fingerprint density at radius 2 is 1.36 bits per heavy atom. The van der Waals surface area contributed by atoms with Gasteiger partial charge in [-0.1, -0.05) is 0 Å². The van der Waals surface area contributed by atoms with E-state index in [1.165, 1.54) is 27.8 Å². The molecule has 2 aromatic carbocycles. The van der Waals surface area contributed by atoms with Gasteiger partial charge in [-0.05, 0) is 0 Å². The van der Waals surface area contributed by atoms with Crippen LogP contribution in [0.5, 0.6) is 0 Å². The van der Waals surface area contributed by atoms with E-state index in [9.17, 15) is 0 Å². The van der Waals surface area contributed by atoms with Crippen molar-refractivity contribution in [2.75, 3.05) is 0 Å². The van der Waals surface area contributed by atoms with Crippen LogP contribution < -0.4 is 0 Å². The van der Waals surface area contributed by atoms with Gasteiger partial charge in [0.25, 0.3) is 0 Å². The first-order valence-electron chi connectivity index (χ1n) is 8.87. The Balaban J connectivity index is 2.14. The molecule has 0 aromatic heterocycles. The Labute approximate surface area is 151 Å². The Hall–Kier alpha value is -0.747. The first-order valence-corrected chi connectivity index (χ1v) is 24.7. The standard InChI is InChI=1S/C13H9.C6H7.2CH3.CH2.2ClH.Zr/c1-3-7-12-10(5-1)9-11-6-2-4-8-13(11)12;1-6-4-2-3-5-6;;;;;;/h1-9H;2-5H,1H3;2*1H3;1H2;2*1H;/q;;;;;;;+2/p-2. The van der Waals surface area contributed by atoms with E-state index >= 15 is 0 Å². The summed E-state index contributed by atoms with van der Waals surface area (Å²) in [6.07, 6.45) is 6.48. The zero-order valence-electron chi connectivity index (χ0n) is 15.0. The fourth-order valence-corrected chi connectivity index (χ4v) is 22.2. The third kappa shape index (κ3) is 2.39.